The van der Waals surface area contributed by atoms with Crippen LogP contribution in [-0.4, -0.2) is 43.3 Å². The first kappa shape index (κ1) is 14.9. The van der Waals surface area contributed by atoms with Crippen LogP contribution < -0.4 is 5.73 Å². The molecule has 2 N–H and O–H groups in total. The fraction of sp³-hybridized carbons (Fsp3) is 1.00. The topological polar surface area (TPSA) is 38.5 Å². The first-order chi connectivity index (χ1) is 8.09. The third kappa shape index (κ3) is 5.36. The molecular formula is C14H30N2O. The Morgan fingerprint density at radius 1 is 1.12 bits per heavy atom. The molecule has 1 saturated heterocycles. The first-order valence-electron chi connectivity index (χ1n) is 7.08. The Morgan fingerprint density at radius 2 is 1.65 bits per heavy atom. The maximum atomic E-state index is 5.96. The van der Waals surface area contributed by atoms with Crippen LogP contribution in [0.2, 0.25) is 0 Å². The molecule has 0 spiro atoms. The van der Waals surface area contributed by atoms with Gasteiger partial charge in [0.05, 0.1) is 5.60 Å². The normalized spacial score (nSPS) is 21.9. The van der Waals surface area contributed by atoms with Crippen LogP contribution in [0.5, 0.6) is 0 Å². The minimum atomic E-state index is -0.0631. The predicted octanol–water partition coefficient (Wildman–Crippen LogP) is 2.39. The molecule has 0 aromatic heterocycles. The number of nitrogens with zero attached hydrogens (tertiary/aromatic N) is 1. The van der Waals surface area contributed by atoms with Crippen molar-refractivity contribution in [3.63, 3.8) is 0 Å². The summed E-state index contributed by atoms with van der Waals surface area (Å²) in [4.78, 5) is 2.58. The van der Waals surface area contributed by atoms with Crippen LogP contribution in [0.4, 0.5) is 0 Å². The van der Waals surface area contributed by atoms with E-state index in [0.29, 0.717) is 6.04 Å². The van der Waals surface area contributed by atoms with Crippen LogP contribution in [0.3, 0.4) is 0 Å². The number of hydrogen-bond donors (Lipinski definition) is 1. The van der Waals surface area contributed by atoms with E-state index in [2.05, 4.69) is 18.7 Å². The van der Waals surface area contributed by atoms with Crippen molar-refractivity contribution in [1.82, 2.24) is 4.90 Å². The summed E-state index contributed by atoms with van der Waals surface area (Å²) in [7, 11) is 1.79. The van der Waals surface area contributed by atoms with E-state index in [0.717, 1.165) is 13.0 Å². The lowest BCUT2D eigenvalue weighted by Gasteiger charge is -2.36. The molecule has 1 fully saturated rings. The Kier molecular flexibility index (Phi) is 6.45. The number of nitrogens with two attached hydrogens (primary N) is 1. The molecule has 0 bridgehead atoms. The van der Waals surface area contributed by atoms with Crippen molar-refractivity contribution in [2.45, 2.75) is 64.0 Å². The monoisotopic (exact) mass is 242 g/mol. The molecule has 1 heterocycles. The minimum absolute atomic E-state index is 0.0631. The Morgan fingerprint density at radius 3 is 2.12 bits per heavy atom. The van der Waals surface area contributed by atoms with Gasteiger partial charge in [-0.1, -0.05) is 19.3 Å². The van der Waals surface area contributed by atoms with Gasteiger partial charge < -0.3 is 10.5 Å². The van der Waals surface area contributed by atoms with Crippen LogP contribution in [0.25, 0.3) is 0 Å². The number of rotatable bonds is 5. The van der Waals surface area contributed by atoms with Gasteiger partial charge in [0.15, 0.2) is 0 Å². The Hall–Kier alpha value is -0.120. The molecule has 0 radical (unpaired) electrons. The van der Waals surface area contributed by atoms with Crippen LogP contribution in [0, 0.1) is 0 Å². The number of methoxy groups -OCH3 is 1. The molecule has 0 amide bonds. The average molecular weight is 242 g/mol. The van der Waals surface area contributed by atoms with Crippen molar-refractivity contribution in [2.75, 3.05) is 26.7 Å². The number of hydrogen-bond acceptors (Lipinski definition) is 3. The lowest BCUT2D eigenvalue weighted by molar-refractivity contribution is -0.00858. The van der Waals surface area contributed by atoms with E-state index in [1.54, 1.807) is 7.11 Å². The highest BCUT2D eigenvalue weighted by Gasteiger charge is 2.26. The molecule has 3 nitrogen and oxygen atoms in total. The molecule has 0 saturated carbocycles. The standard InChI is InChI=1S/C14H30N2O/c1-14(2,17-3)11-13(12-15)16-9-7-5-4-6-8-10-16/h13H,4-12,15H2,1-3H3. The van der Waals surface area contributed by atoms with E-state index >= 15 is 0 Å². The van der Waals surface area contributed by atoms with Gasteiger partial charge >= 0.3 is 0 Å². The summed E-state index contributed by atoms with van der Waals surface area (Å²) in [5.41, 5.74) is 5.90. The summed E-state index contributed by atoms with van der Waals surface area (Å²) in [5, 5.41) is 0. The maximum Gasteiger partial charge on any atom is 0.0638 e. The van der Waals surface area contributed by atoms with Crippen LogP contribution in [0.1, 0.15) is 52.4 Å². The van der Waals surface area contributed by atoms with Gasteiger partial charge in [0.1, 0.15) is 0 Å². The van der Waals surface area contributed by atoms with E-state index in [1.807, 2.05) is 0 Å². The highest BCUT2D eigenvalue weighted by molar-refractivity contribution is 4.82. The lowest BCUT2D eigenvalue weighted by atomic mass is 9.96. The predicted molar refractivity (Wildman–Crippen MR) is 73.2 cm³/mol. The largest absolute Gasteiger partial charge is 0.379 e. The third-order valence-corrected chi connectivity index (χ3v) is 3.96. The van der Waals surface area contributed by atoms with Gasteiger partial charge in [-0.15, -0.1) is 0 Å². The molecule has 0 aromatic carbocycles. The molecule has 17 heavy (non-hydrogen) atoms. The molecule has 0 aliphatic carbocycles. The Bertz CT molecular complexity index is 198. The quantitative estimate of drug-likeness (QED) is 0.804. The van der Waals surface area contributed by atoms with Gasteiger partial charge in [0, 0.05) is 19.7 Å². The average Bonchev–Trinajstić information content (AvgIpc) is 2.26. The Balaban J connectivity index is 2.51. The maximum absolute atomic E-state index is 5.96. The fourth-order valence-electron chi connectivity index (χ4n) is 2.65. The fourth-order valence-corrected chi connectivity index (χ4v) is 2.65. The highest BCUT2D eigenvalue weighted by Crippen LogP contribution is 2.21. The van der Waals surface area contributed by atoms with E-state index in [4.69, 9.17) is 10.5 Å². The summed E-state index contributed by atoms with van der Waals surface area (Å²) in [6.07, 6.45) is 7.83. The molecule has 1 unspecified atom stereocenters. The highest BCUT2D eigenvalue weighted by atomic mass is 16.5. The van der Waals surface area contributed by atoms with Crippen molar-refractivity contribution in [1.29, 1.82) is 0 Å². The molecule has 0 aromatic rings. The smallest absolute Gasteiger partial charge is 0.0638 e. The summed E-state index contributed by atoms with van der Waals surface area (Å²) in [6.45, 7) is 7.47. The van der Waals surface area contributed by atoms with E-state index in [-0.39, 0.29) is 5.60 Å². The van der Waals surface area contributed by atoms with E-state index in [1.165, 1.54) is 45.2 Å². The zero-order chi connectivity index (χ0) is 12.7. The van der Waals surface area contributed by atoms with Crippen molar-refractivity contribution in [3.8, 4) is 0 Å². The minimum Gasteiger partial charge on any atom is -0.379 e. The van der Waals surface area contributed by atoms with E-state index < -0.39 is 0 Å². The first-order valence-corrected chi connectivity index (χ1v) is 7.08. The van der Waals surface area contributed by atoms with Gasteiger partial charge in [-0.05, 0) is 46.2 Å². The van der Waals surface area contributed by atoms with Gasteiger partial charge in [0.2, 0.25) is 0 Å². The zero-order valence-electron chi connectivity index (χ0n) is 11.9. The van der Waals surface area contributed by atoms with Crippen molar-refractivity contribution in [2.24, 2.45) is 5.73 Å². The van der Waals surface area contributed by atoms with Crippen LogP contribution >= 0.6 is 0 Å². The van der Waals surface area contributed by atoms with Gasteiger partial charge in [0.25, 0.3) is 0 Å². The van der Waals surface area contributed by atoms with Gasteiger partial charge in [-0.25, -0.2) is 0 Å². The van der Waals surface area contributed by atoms with Gasteiger partial charge in [-0.2, -0.15) is 0 Å². The Labute approximate surface area is 107 Å². The second-order valence-corrected chi connectivity index (χ2v) is 5.86. The lowest BCUT2D eigenvalue weighted by Crippen LogP contribution is -2.46. The molecule has 1 aliphatic heterocycles. The zero-order valence-corrected chi connectivity index (χ0v) is 11.9. The summed E-state index contributed by atoms with van der Waals surface area (Å²) >= 11 is 0. The van der Waals surface area contributed by atoms with Crippen molar-refractivity contribution in [3.05, 3.63) is 0 Å². The summed E-state index contributed by atoms with van der Waals surface area (Å²) < 4.78 is 5.53. The van der Waals surface area contributed by atoms with Crippen LogP contribution in [0.15, 0.2) is 0 Å². The summed E-state index contributed by atoms with van der Waals surface area (Å²) in [5.74, 6) is 0. The summed E-state index contributed by atoms with van der Waals surface area (Å²) in [6, 6.07) is 0.475. The van der Waals surface area contributed by atoms with Crippen molar-refractivity contribution < 1.29 is 4.74 Å². The SMILES string of the molecule is COC(C)(C)CC(CN)N1CCCCCCC1. The molecule has 1 atom stereocenters. The molecule has 102 valence electrons. The second kappa shape index (κ2) is 7.34. The van der Waals surface area contributed by atoms with Crippen LogP contribution in [-0.2, 0) is 4.74 Å². The van der Waals surface area contributed by atoms with Crippen molar-refractivity contribution >= 4 is 0 Å². The number of likely N-dealkylation sites (tertiary alicyclic amines) is 1. The third-order valence-electron chi connectivity index (χ3n) is 3.96. The second-order valence-electron chi connectivity index (χ2n) is 5.86. The van der Waals surface area contributed by atoms with E-state index in [9.17, 15) is 0 Å². The molecule has 3 heteroatoms. The molecule has 1 aliphatic rings. The molecule has 1 rings (SSSR count). The van der Waals surface area contributed by atoms with Gasteiger partial charge in [-0.3, -0.25) is 4.90 Å². The number of ether oxygens (including phenoxy) is 1. The molecular weight excluding hydrogens is 212 g/mol.